The van der Waals surface area contributed by atoms with E-state index >= 15 is 0 Å². The molecule has 0 aliphatic heterocycles. The Hall–Kier alpha value is -1.97. The Morgan fingerprint density at radius 3 is 2.55 bits per heavy atom. The van der Waals surface area contributed by atoms with Gasteiger partial charge in [-0.3, -0.25) is 14.9 Å². The van der Waals surface area contributed by atoms with Crippen LogP contribution in [0.5, 0.6) is 0 Å². The summed E-state index contributed by atoms with van der Waals surface area (Å²) in [6.45, 7) is 1.91. The van der Waals surface area contributed by atoms with Gasteiger partial charge in [0.25, 0.3) is 0 Å². The molecule has 1 aliphatic carbocycles. The predicted molar refractivity (Wildman–Crippen MR) is 77.3 cm³/mol. The van der Waals surface area contributed by atoms with Gasteiger partial charge in [-0.1, -0.05) is 35.4 Å². The number of carbonyl (C=O) groups excluding carboxylic acids is 1. The van der Waals surface area contributed by atoms with Crippen LogP contribution in [-0.4, -0.2) is 17.3 Å². The molecule has 1 aliphatic rings. The number of carbonyl (C=O) groups is 1. The third-order valence-corrected chi connectivity index (χ3v) is 3.71. The molecule has 0 unspecified atom stereocenters. The standard InChI is InChI=1S/C16H19NO3/c1-12-5-7-14(8-6-12)15(11-17(19)20)9-13-3-2-4-16(18)10-13/h5-8,10,15H,2-4,9,11H2,1H3/t15-/m0/s1. The van der Waals surface area contributed by atoms with Crippen LogP contribution in [0, 0.1) is 17.0 Å². The largest absolute Gasteiger partial charge is 0.295 e. The zero-order valence-corrected chi connectivity index (χ0v) is 11.7. The Balaban J connectivity index is 2.17. The molecule has 4 nitrogen and oxygen atoms in total. The van der Waals surface area contributed by atoms with E-state index in [1.54, 1.807) is 6.08 Å². The number of hydrogen-bond acceptors (Lipinski definition) is 3. The summed E-state index contributed by atoms with van der Waals surface area (Å²) in [5.41, 5.74) is 3.17. The molecule has 106 valence electrons. The lowest BCUT2D eigenvalue weighted by Gasteiger charge is -2.18. The van der Waals surface area contributed by atoms with Gasteiger partial charge >= 0.3 is 0 Å². The second-order valence-corrected chi connectivity index (χ2v) is 5.45. The van der Waals surface area contributed by atoms with Crippen LogP contribution in [0.15, 0.2) is 35.9 Å². The van der Waals surface area contributed by atoms with E-state index in [9.17, 15) is 14.9 Å². The van der Waals surface area contributed by atoms with E-state index in [1.807, 2.05) is 31.2 Å². The third kappa shape index (κ3) is 4.02. The van der Waals surface area contributed by atoms with Crippen molar-refractivity contribution in [2.24, 2.45) is 0 Å². The van der Waals surface area contributed by atoms with Gasteiger partial charge < -0.3 is 0 Å². The van der Waals surface area contributed by atoms with Crippen LogP contribution in [0.1, 0.15) is 42.7 Å². The number of aryl methyl sites for hydroxylation is 1. The predicted octanol–water partition coefficient (Wildman–Crippen LogP) is 3.42. The van der Waals surface area contributed by atoms with Gasteiger partial charge in [0.15, 0.2) is 5.78 Å². The average Bonchev–Trinajstić information content (AvgIpc) is 2.38. The maximum atomic E-state index is 11.4. The van der Waals surface area contributed by atoms with Gasteiger partial charge in [0, 0.05) is 11.3 Å². The van der Waals surface area contributed by atoms with Crippen molar-refractivity contribution in [1.29, 1.82) is 0 Å². The van der Waals surface area contributed by atoms with Gasteiger partial charge in [-0.2, -0.15) is 0 Å². The van der Waals surface area contributed by atoms with E-state index in [-0.39, 0.29) is 23.2 Å². The molecule has 0 amide bonds. The minimum absolute atomic E-state index is 0.0887. The molecule has 1 aromatic carbocycles. The molecule has 0 aromatic heterocycles. The summed E-state index contributed by atoms with van der Waals surface area (Å²) in [6, 6.07) is 7.86. The average molecular weight is 273 g/mol. The summed E-state index contributed by atoms with van der Waals surface area (Å²) in [6.07, 6.45) is 4.64. The first-order valence-electron chi connectivity index (χ1n) is 6.95. The van der Waals surface area contributed by atoms with Crippen LogP contribution in [0.4, 0.5) is 0 Å². The van der Waals surface area contributed by atoms with Crippen molar-refractivity contribution < 1.29 is 9.72 Å². The molecule has 2 rings (SSSR count). The molecule has 1 atom stereocenters. The van der Waals surface area contributed by atoms with Crippen LogP contribution >= 0.6 is 0 Å². The van der Waals surface area contributed by atoms with E-state index in [2.05, 4.69) is 0 Å². The van der Waals surface area contributed by atoms with E-state index < -0.39 is 0 Å². The lowest BCUT2D eigenvalue weighted by Crippen LogP contribution is -2.15. The summed E-state index contributed by atoms with van der Waals surface area (Å²) in [5.74, 6) is -0.00207. The number of allylic oxidation sites excluding steroid dienone is 2. The Labute approximate surface area is 118 Å². The normalized spacial score (nSPS) is 16.6. The molecule has 0 saturated carbocycles. The Morgan fingerprint density at radius 2 is 1.95 bits per heavy atom. The van der Waals surface area contributed by atoms with E-state index in [4.69, 9.17) is 0 Å². The Bertz CT molecular complexity index is 531. The van der Waals surface area contributed by atoms with Crippen LogP contribution in [0.25, 0.3) is 0 Å². The summed E-state index contributed by atoms with van der Waals surface area (Å²) in [5, 5.41) is 10.9. The van der Waals surface area contributed by atoms with Gasteiger partial charge in [-0.05, 0) is 37.8 Å². The zero-order valence-electron chi connectivity index (χ0n) is 11.7. The Morgan fingerprint density at radius 1 is 1.25 bits per heavy atom. The second-order valence-electron chi connectivity index (χ2n) is 5.45. The Kier molecular flexibility index (Phi) is 4.66. The summed E-state index contributed by atoms with van der Waals surface area (Å²) >= 11 is 0. The monoisotopic (exact) mass is 273 g/mol. The highest BCUT2D eigenvalue weighted by Gasteiger charge is 2.21. The first-order valence-corrected chi connectivity index (χ1v) is 6.95. The maximum absolute atomic E-state index is 11.4. The lowest BCUT2D eigenvalue weighted by molar-refractivity contribution is -0.483. The SMILES string of the molecule is Cc1ccc([C@@H](CC2=CC(=O)CCC2)C[N+](=O)[O-])cc1. The minimum Gasteiger partial charge on any atom is -0.295 e. The highest BCUT2D eigenvalue weighted by Crippen LogP contribution is 2.28. The van der Waals surface area contributed by atoms with Gasteiger partial charge in [0.2, 0.25) is 6.54 Å². The van der Waals surface area contributed by atoms with Gasteiger partial charge in [-0.25, -0.2) is 0 Å². The first kappa shape index (κ1) is 14.4. The second kappa shape index (κ2) is 6.46. The maximum Gasteiger partial charge on any atom is 0.210 e. The third-order valence-electron chi connectivity index (χ3n) is 3.71. The smallest absolute Gasteiger partial charge is 0.210 e. The summed E-state index contributed by atoms with van der Waals surface area (Å²) in [7, 11) is 0. The lowest BCUT2D eigenvalue weighted by atomic mass is 9.87. The van der Waals surface area contributed by atoms with Gasteiger partial charge in [-0.15, -0.1) is 0 Å². The fraction of sp³-hybridized carbons (Fsp3) is 0.438. The topological polar surface area (TPSA) is 60.2 Å². The van der Waals surface area contributed by atoms with Gasteiger partial charge in [0.05, 0.1) is 5.92 Å². The molecule has 0 heterocycles. The molecule has 0 saturated heterocycles. The van der Waals surface area contributed by atoms with Crippen molar-refractivity contribution in [2.45, 2.75) is 38.5 Å². The minimum atomic E-state index is -0.268. The molecule has 0 fully saturated rings. The molecule has 1 aromatic rings. The molecule has 0 spiro atoms. The van der Waals surface area contributed by atoms with E-state index in [0.29, 0.717) is 12.8 Å². The fourth-order valence-electron chi connectivity index (χ4n) is 2.65. The number of hydrogen-bond donors (Lipinski definition) is 0. The molecule has 20 heavy (non-hydrogen) atoms. The van der Waals surface area contributed by atoms with E-state index in [0.717, 1.165) is 29.5 Å². The molecule has 4 heteroatoms. The van der Waals surface area contributed by atoms with Crippen LogP contribution in [-0.2, 0) is 4.79 Å². The number of nitrogens with zero attached hydrogens (tertiary/aromatic N) is 1. The first-order chi connectivity index (χ1) is 9.54. The van der Waals surface area contributed by atoms with Crippen molar-refractivity contribution in [2.75, 3.05) is 6.54 Å². The van der Waals surface area contributed by atoms with Crippen LogP contribution in [0.3, 0.4) is 0 Å². The number of nitro groups is 1. The zero-order chi connectivity index (χ0) is 14.5. The van der Waals surface area contributed by atoms with E-state index in [1.165, 1.54) is 0 Å². The highest BCUT2D eigenvalue weighted by atomic mass is 16.6. The fourth-order valence-corrected chi connectivity index (χ4v) is 2.65. The van der Waals surface area contributed by atoms with Crippen molar-refractivity contribution in [3.8, 4) is 0 Å². The number of benzene rings is 1. The molecular formula is C16H19NO3. The number of rotatable bonds is 5. The molecular weight excluding hydrogens is 254 g/mol. The molecule has 0 bridgehead atoms. The summed E-state index contributed by atoms with van der Waals surface area (Å²) in [4.78, 5) is 22.1. The summed E-state index contributed by atoms with van der Waals surface area (Å²) < 4.78 is 0. The van der Waals surface area contributed by atoms with Crippen LogP contribution in [0.2, 0.25) is 0 Å². The van der Waals surface area contributed by atoms with Crippen molar-refractivity contribution in [1.82, 2.24) is 0 Å². The van der Waals surface area contributed by atoms with Crippen LogP contribution < -0.4 is 0 Å². The van der Waals surface area contributed by atoms with Crippen molar-refractivity contribution in [3.63, 3.8) is 0 Å². The molecule has 0 N–H and O–H groups in total. The quantitative estimate of drug-likeness (QED) is 0.610. The van der Waals surface area contributed by atoms with Gasteiger partial charge in [0.1, 0.15) is 0 Å². The van der Waals surface area contributed by atoms with Crippen molar-refractivity contribution in [3.05, 3.63) is 57.2 Å². The highest BCUT2D eigenvalue weighted by molar-refractivity contribution is 5.91. The molecule has 0 radical (unpaired) electrons. The number of ketones is 1. The van der Waals surface area contributed by atoms with Crippen molar-refractivity contribution >= 4 is 5.78 Å².